The van der Waals surface area contributed by atoms with Crippen LogP contribution in [0.15, 0.2) is 22.7 Å². The summed E-state index contributed by atoms with van der Waals surface area (Å²) in [6.45, 7) is 3.93. The van der Waals surface area contributed by atoms with Gasteiger partial charge >= 0.3 is 0 Å². The first-order chi connectivity index (χ1) is 7.76. The minimum absolute atomic E-state index is 0.294. The van der Waals surface area contributed by atoms with Crippen LogP contribution in [0, 0.1) is 5.82 Å². The molecule has 0 heterocycles. The average molecular weight is 304 g/mol. The van der Waals surface area contributed by atoms with Crippen LogP contribution in [0.5, 0.6) is 0 Å². The van der Waals surface area contributed by atoms with E-state index in [1.54, 1.807) is 6.07 Å². The molecule has 1 unspecified atom stereocenters. The fourth-order valence-corrected chi connectivity index (χ4v) is 1.89. The molecule has 0 saturated heterocycles. The van der Waals surface area contributed by atoms with Gasteiger partial charge in [0, 0.05) is 12.0 Å². The van der Waals surface area contributed by atoms with Crippen LogP contribution >= 0.6 is 15.9 Å². The second kappa shape index (κ2) is 5.46. The maximum Gasteiger partial charge on any atom is 0.137 e. The van der Waals surface area contributed by atoms with Gasteiger partial charge in [-0.05, 0) is 55.5 Å². The van der Waals surface area contributed by atoms with E-state index < -0.39 is 6.10 Å². The Morgan fingerprint density at radius 2 is 2.00 bits per heavy atom. The van der Waals surface area contributed by atoms with E-state index in [2.05, 4.69) is 15.9 Å². The Morgan fingerprint density at radius 3 is 2.53 bits per heavy atom. The molecular weight excluding hydrogens is 285 g/mol. The first-order valence-corrected chi connectivity index (χ1v) is 6.34. The van der Waals surface area contributed by atoms with Crippen LogP contribution in [0.3, 0.4) is 0 Å². The molecule has 0 fully saturated rings. The van der Waals surface area contributed by atoms with Crippen LogP contribution in [0.25, 0.3) is 0 Å². The van der Waals surface area contributed by atoms with E-state index in [4.69, 9.17) is 0 Å². The highest BCUT2D eigenvalue weighted by Crippen LogP contribution is 2.25. The predicted molar refractivity (Wildman–Crippen MR) is 71.6 cm³/mol. The lowest BCUT2D eigenvalue weighted by Crippen LogP contribution is -2.49. The van der Waals surface area contributed by atoms with Gasteiger partial charge in [-0.25, -0.2) is 4.39 Å². The number of halogens is 2. The summed E-state index contributed by atoms with van der Waals surface area (Å²) >= 11 is 3.21. The lowest BCUT2D eigenvalue weighted by atomic mass is 9.91. The molecule has 0 aliphatic carbocycles. The summed E-state index contributed by atoms with van der Waals surface area (Å²) < 4.78 is 13.8. The molecule has 0 aliphatic heterocycles. The molecule has 0 radical (unpaired) electrons. The fraction of sp³-hybridized carbons (Fsp3) is 0.538. The Labute approximate surface area is 111 Å². The van der Waals surface area contributed by atoms with E-state index in [1.807, 2.05) is 38.9 Å². The number of hydrogen-bond donors (Lipinski definition) is 1. The monoisotopic (exact) mass is 303 g/mol. The SMILES string of the molecule is CN(C)C(C)(C)C(O)Cc1cccc(F)c1Br. The lowest BCUT2D eigenvalue weighted by molar-refractivity contribution is 0.0181. The van der Waals surface area contributed by atoms with Gasteiger partial charge in [0.05, 0.1) is 10.6 Å². The molecule has 4 heteroatoms. The highest BCUT2D eigenvalue weighted by atomic mass is 79.9. The summed E-state index contributed by atoms with van der Waals surface area (Å²) in [7, 11) is 3.84. The van der Waals surface area contributed by atoms with Gasteiger partial charge in [0.25, 0.3) is 0 Å². The van der Waals surface area contributed by atoms with Crippen molar-refractivity contribution in [2.75, 3.05) is 14.1 Å². The topological polar surface area (TPSA) is 23.5 Å². The lowest BCUT2D eigenvalue weighted by Gasteiger charge is -2.37. The van der Waals surface area contributed by atoms with E-state index >= 15 is 0 Å². The number of likely N-dealkylation sites (N-methyl/N-ethyl adjacent to an activating group) is 1. The molecule has 2 nitrogen and oxygen atoms in total. The molecule has 1 aromatic carbocycles. The van der Waals surface area contributed by atoms with E-state index in [0.717, 1.165) is 5.56 Å². The highest BCUT2D eigenvalue weighted by molar-refractivity contribution is 9.10. The minimum Gasteiger partial charge on any atom is -0.391 e. The normalized spacial score (nSPS) is 14.1. The minimum atomic E-state index is -0.560. The average Bonchev–Trinajstić information content (AvgIpc) is 2.24. The summed E-state index contributed by atoms with van der Waals surface area (Å²) in [5.74, 6) is -0.294. The quantitative estimate of drug-likeness (QED) is 0.924. The molecule has 0 saturated carbocycles. The molecule has 96 valence electrons. The molecule has 0 aromatic heterocycles. The zero-order valence-electron chi connectivity index (χ0n) is 10.7. The van der Waals surface area contributed by atoms with Crippen LogP contribution in [-0.2, 0) is 6.42 Å². The summed E-state index contributed by atoms with van der Waals surface area (Å²) in [6.07, 6.45) is -0.139. The first-order valence-electron chi connectivity index (χ1n) is 5.55. The van der Waals surface area contributed by atoms with Crippen molar-refractivity contribution < 1.29 is 9.50 Å². The van der Waals surface area contributed by atoms with Gasteiger partial charge in [0.2, 0.25) is 0 Å². The summed E-state index contributed by atoms with van der Waals surface area (Å²) in [4.78, 5) is 1.96. The summed E-state index contributed by atoms with van der Waals surface area (Å²) in [5, 5.41) is 10.2. The van der Waals surface area contributed by atoms with Crippen molar-refractivity contribution >= 4 is 15.9 Å². The van der Waals surface area contributed by atoms with Crippen molar-refractivity contribution in [1.29, 1.82) is 0 Å². The van der Waals surface area contributed by atoms with Gasteiger partial charge < -0.3 is 10.0 Å². The van der Waals surface area contributed by atoms with Crippen molar-refractivity contribution in [3.63, 3.8) is 0 Å². The van der Waals surface area contributed by atoms with Crippen LogP contribution in [0.2, 0.25) is 0 Å². The third kappa shape index (κ3) is 3.27. The second-order valence-electron chi connectivity index (χ2n) is 4.98. The van der Waals surface area contributed by atoms with Gasteiger partial charge in [-0.1, -0.05) is 12.1 Å². The van der Waals surface area contributed by atoms with E-state index in [-0.39, 0.29) is 11.4 Å². The molecule has 1 N–H and O–H groups in total. The largest absolute Gasteiger partial charge is 0.391 e. The molecular formula is C13H19BrFNO. The highest BCUT2D eigenvalue weighted by Gasteiger charge is 2.30. The Bertz CT molecular complexity index is 393. The van der Waals surface area contributed by atoms with E-state index in [9.17, 15) is 9.50 Å². The molecule has 0 bridgehead atoms. The Kier molecular flexibility index (Phi) is 4.69. The number of rotatable bonds is 4. The zero-order valence-corrected chi connectivity index (χ0v) is 12.3. The molecule has 0 aliphatic rings. The fourth-order valence-electron chi connectivity index (χ4n) is 1.46. The van der Waals surface area contributed by atoms with Crippen LogP contribution in [0.1, 0.15) is 19.4 Å². The van der Waals surface area contributed by atoms with Crippen molar-refractivity contribution in [2.24, 2.45) is 0 Å². The number of hydrogen-bond acceptors (Lipinski definition) is 2. The molecule has 1 rings (SSSR count). The Hall–Kier alpha value is -0.450. The van der Waals surface area contributed by atoms with Gasteiger partial charge in [0.15, 0.2) is 0 Å². The van der Waals surface area contributed by atoms with Crippen molar-refractivity contribution in [3.05, 3.63) is 34.1 Å². The third-order valence-corrected chi connectivity index (χ3v) is 4.30. The van der Waals surface area contributed by atoms with Crippen molar-refractivity contribution in [3.8, 4) is 0 Å². The van der Waals surface area contributed by atoms with Crippen LogP contribution in [0.4, 0.5) is 4.39 Å². The molecule has 0 amide bonds. The Balaban J connectivity index is 2.88. The number of nitrogens with zero attached hydrogens (tertiary/aromatic N) is 1. The maximum atomic E-state index is 13.3. The molecule has 1 atom stereocenters. The number of benzene rings is 1. The van der Waals surface area contributed by atoms with Gasteiger partial charge in [0.1, 0.15) is 5.82 Å². The maximum absolute atomic E-state index is 13.3. The van der Waals surface area contributed by atoms with Gasteiger partial charge in [-0.2, -0.15) is 0 Å². The van der Waals surface area contributed by atoms with Crippen molar-refractivity contribution in [1.82, 2.24) is 4.90 Å². The predicted octanol–water partition coefficient (Wildman–Crippen LogP) is 2.83. The zero-order chi connectivity index (χ0) is 13.2. The second-order valence-corrected chi connectivity index (χ2v) is 5.77. The number of aliphatic hydroxyl groups excluding tert-OH is 1. The number of aliphatic hydroxyl groups is 1. The van der Waals surface area contributed by atoms with Gasteiger partial charge in [-0.15, -0.1) is 0 Å². The third-order valence-electron chi connectivity index (χ3n) is 3.41. The molecule has 17 heavy (non-hydrogen) atoms. The molecule has 0 spiro atoms. The van der Waals surface area contributed by atoms with E-state index in [1.165, 1.54) is 6.07 Å². The summed E-state index contributed by atoms with van der Waals surface area (Å²) in [5.41, 5.74) is 0.429. The van der Waals surface area contributed by atoms with Crippen molar-refractivity contribution in [2.45, 2.75) is 31.9 Å². The van der Waals surface area contributed by atoms with E-state index in [0.29, 0.717) is 10.9 Å². The van der Waals surface area contributed by atoms with Crippen LogP contribution in [-0.4, -0.2) is 35.7 Å². The smallest absolute Gasteiger partial charge is 0.137 e. The van der Waals surface area contributed by atoms with Crippen LogP contribution < -0.4 is 0 Å². The standard InChI is InChI=1S/C13H19BrFNO/c1-13(2,16(3)4)11(17)8-9-6-5-7-10(15)12(9)14/h5-7,11,17H,8H2,1-4H3. The Morgan fingerprint density at radius 1 is 1.41 bits per heavy atom. The summed E-state index contributed by atoms with van der Waals surface area (Å²) in [6, 6.07) is 4.88. The molecule has 1 aromatic rings. The first kappa shape index (κ1) is 14.6. The van der Waals surface area contributed by atoms with Gasteiger partial charge in [-0.3, -0.25) is 0 Å².